The number of aryl methyl sites for hydroxylation is 1. The van der Waals surface area contributed by atoms with Crippen LogP contribution in [0.25, 0.3) is 10.9 Å². The Bertz CT molecular complexity index is 746. The molecule has 0 radical (unpaired) electrons. The van der Waals surface area contributed by atoms with E-state index >= 15 is 0 Å². The van der Waals surface area contributed by atoms with E-state index in [2.05, 4.69) is 22.9 Å². The minimum atomic E-state index is -0.245. The molecule has 0 spiro atoms. The van der Waals surface area contributed by atoms with Crippen LogP contribution < -0.4 is 0 Å². The standard InChI is InChI=1S/C16H13ClFNS/c1-19-9-16(11-5-2-3-8-15(11)19)20-10-12-13(17)6-4-7-14(12)18/h2-9H,10H2,1H3. The molecule has 0 unspecified atom stereocenters. The lowest BCUT2D eigenvalue weighted by molar-refractivity contribution is 0.617. The van der Waals surface area contributed by atoms with E-state index in [4.69, 9.17) is 11.6 Å². The summed E-state index contributed by atoms with van der Waals surface area (Å²) in [5.41, 5.74) is 1.74. The van der Waals surface area contributed by atoms with Crippen LogP contribution in [-0.2, 0) is 12.8 Å². The van der Waals surface area contributed by atoms with Gasteiger partial charge in [0.15, 0.2) is 0 Å². The maximum Gasteiger partial charge on any atom is 0.128 e. The highest BCUT2D eigenvalue weighted by Crippen LogP contribution is 2.33. The summed E-state index contributed by atoms with van der Waals surface area (Å²) in [6, 6.07) is 13.0. The van der Waals surface area contributed by atoms with Crippen molar-refractivity contribution in [3.8, 4) is 0 Å². The molecule has 1 nitrogen and oxygen atoms in total. The van der Waals surface area contributed by atoms with Gasteiger partial charge in [0.1, 0.15) is 5.82 Å². The van der Waals surface area contributed by atoms with E-state index in [9.17, 15) is 4.39 Å². The molecule has 0 bridgehead atoms. The number of hydrogen-bond donors (Lipinski definition) is 0. The molecular formula is C16H13ClFNS. The van der Waals surface area contributed by atoms with Gasteiger partial charge >= 0.3 is 0 Å². The maximum atomic E-state index is 13.8. The Morgan fingerprint density at radius 2 is 1.95 bits per heavy atom. The third-order valence-electron chi connectivity index (χ3n) is 3.29. The van der Waals surface area contributed by atoms with Crippen molar-refractivity contribution < 1.29 is 4.39 Å². The van der Waals surface area contributed by atoms with E-state index in [0.29, 0.717) is 16.3 Å². The summed E-state index contributed by atoms with van der Waals surface area (Å²) in [6.07, 6.45) is 2.07. The number of fused-ring (bicyclic) bond motifs is 1. The number of nitrogens with zero attached hydrogens (tertiary/aromatic N) is 1. The summed E-state index contributed by atoms with van der Waals surface area (Å²) in [6.45, 7) is 0. The van der Waals surface area contributed by atoms with Crippen LogP contribution in [0.4, 0.5) is 4.39 Å². The second-order valence-electron chi connectivity index (χ2n) is 4.61. The van der Waals surface area contributed by atoms with Crippen molar-refractivity contribution in [2.45, 2.75) is 10.6 Å². The summed E-state index contributed by atoms with van der Waals surface area (Å²) >= 11 is 7.67. The molecule has 3 rings (SSSR count). The second-order valence-corrected chi connectivity index (χ2v) is 6.03. The molecule has 0 aliphatic rings. The molecule has 2 aromatic carbocycles. The number of rotatable bonds is 3. The number of thioether (sulfide) groups is 1. The zero-order chi connectivity index (χ0) is 14.1. The Hall–Kier alpha value is -1.45. The Morgan fingerprint density at radius 1 is 1.15 bits per heavy atom. The molecule has 0 amide bonds. The van der Waals surface area contributed by atoms with Crippen molar-refractivity contribution in [3.05, 3.63) is 65.1 Å². The average Bonchev–Trinajstić information content (AvgIpc) is 2.76. The SMILES string of the molecule is Cn1cc(SCc2c(F)cccc2Cl)c2ccccc21. The van der Waals surface area contributed by atoms with Crippen molar-refractivity contribution in [2.75, 3.05) is 0 Å². The first-order valence-electron chi connectivity index (χ1n) is 6.26. The lowest BCUT2D eigenvalue weighted by atomic mass is 10.2. The van der Waals surface area contributed by atoms with Crippen molar-refractivity contribution in [1.29, 1.82) is 0 Å². The fourth-order valence-corrected chi connectivity index (χ4v) is 3.70. The largest absolute Gasteiger partial charge is 0.349 e. The van der Waals surface area contributed by atoms with Crippen molar-refractivity contribution in [3.63, 3.8) is 0 Å². The first-order valence-corrected chi connectivity index (χ1v) is 7.63. The minimum Gasteiger partial charge on any atom is -0.349 e. The molecule has 0 atom stereocenters. The van der Waals surface area contributed by atoms with Gasteiger partial charge in [-0.15, -0.1) is 11.8 Å². The fourth-order valence-electron chi connectivity index (χ4n) is 2.24. The van der Waals surface area contributed by atoms with Gasteiger partial charge in [0.05, 0.1) is 0 Å². The van der Waals surface area contributed by atoms with E-state index in [1.165, 1.54) is 17.0 Å². The van der Waals surface area contributed by atoms with E-state index < -0.39 is 0 Å². The minimum absolute atomic E-state index is 0.245. The number of hydrogen-bond acceptors (Lipinski definition) is 1. The molecule has 0 aliphatic heterocycles. The van der Waals surface area contributed by atoms with Crippen LogP contribution in [0, 0.1) is 5.82 Å². The molecule has 3 aromatic rings. The monoisotopic (exact) mass is 305 g/mol. The first kappa shape index (κ1) is 13.5. The first-order chi connectivity index (χ1) is 9.66. The maximum absolute atomic E-state index is 13.8. The van der Waals surface area contributed by atoms with E-state index in [1.54, 1.807) is 23.9 Å². The summed E-state index contributed by atoms with van der Waals surface area (Å²) < 4.78 is 15.9. The lowest BCUT2D eigenvalue weighted by Crippen LogP contribution is -1.88. The van der Waals surface area contributed by atoms with Gasteiger partial charge in [-0.1, -0.05) is 35.9 Å². The summed E-state index contributed by atoms with van der Waals surface area (Å²) in [5.74, 6) is 0.282. The molecule has 0 saturated heterocycles. The highest BCUT2D eigenvalue weighted by Gasteiger charge is 2.10. The number of halogens is 2. The van der Waals surface area contributed by atoms with Crippen molar-refractivity contribution in [1.82, 2.24) is 4.57 Å². The number of aromatic nitrogens is 1. The van der Waals surface area contributed by atoms with Crippen LogP contribution in [0.15, 0.2) is 53.6 Å². The third kappa shape index (κ3) is 2.43. The molecule has 0 N–H and O–H groups in total. The molecular weight excluding hydrogens is 293 g/mol. The zero-order valence-electron chi connectivity index (χ0n) is 10.9. The topological polar surface area (TPSA) is 4.93 Å². The predicted molar refractivity (Wildman–Crippen MR) is 83.9 cm³/mol. The number of benzene rings is 2. The predicted octanol–water partition coefficient (Wildman–Crippen LogP) is 5.26. The molecule has 0 saturated carbocycles. The van der Waals surface area contributed by atoms with E-state index in [1.807, 2.05) is 19.2 Å². The van der Waals surface area contributed by atoms with Crippen LogP contribution >= 0.6 is 23.4 Å². The van der Waals surface area contributed by atoms with Gasteiger partial charge in [-0.05, 0) is 18.2 Å². The van der Waals surface area contributed by atoms with Crippen LogP contribution in [0.2, 0.25) is 5.02 Å². The highest BCUT2D eigenvalue weighted by molar-refractivity contribution is 7.98. The summed E-state index contributed by atoms with van der Waals surface area (Å²) in [7, 11) is 2.02. The Balaban J connectivity index is 1.91. The van der Waals surface area contributed by atoms with Crippen molar-refractivity contribution in [2.24, 2.45) is 7.05 Å². The smallest absolute Gasteiger partial charge is 0.128 e. The van der Waals surface area contributed by atoms with Gasteiger partial charge in [0.25, 0.3) is 0 Å². The van der Waals surface area contributed by atoms with Gasteiger partial charge in [-0.25, -0.2) is 4.39 Å². The van der Waals surface area contributed by atoms with Crippen LogP contribution in [-0.4, -0.2) is 4.57 Å². The van der Waals surface area contributed by atoms with Gasteiger partial charge in [-0.3, -0.25) is 0 Å². The van der Waals surface area contributed by atoms with Crippen molar-refractivity contribution >= 4 is 34.3 Å². The van der Waals surface area contributed by atoms with Gasteiger partial charge in [-0.2, -0.15) is 0 Å². The van der Waals surface area contributed by atoms with Crippen LogP contribution in [0.1, 0.15) is 5.56 Å². The van der Waals surface area contributed by atoms with E-state index in [0.717, 1.165) is 4.90 Å². The lowest BCUT2D eigenvalue weighted by Gasteiger charge is -2.05. The number of para-hydroxylation sites is 1. The summed E-state index contributed by atoms with van der Waals surface area (Å²) in [4.78, 5) is 1.14. The molecule has 102 valence electrons. The average molecular weight is 306 g/mol. The van der Waals surface area contributed by atoms with E-state index in [-0.39, 0.29) is 5.82 Å². The Labute approximate surface area is 126 Å². The highest BCUT2D eigenvalue weighted by atomic mass is 35.5. The molecule has 20 heavy (non-hydrogen) atoms. The Kier molecular flexibility index (Phi) is 3.72. The quantitative estimate of drug-likeness (QED) is 0.597. The third-order valence-corrected chi connectivity index (χ3v) is 4.72. The Morgan fingerprint density at radius 3 is 2.75 bits per heavy atom. The fraction of sp³-hybridized carbons (Fsp3) is 0.125. The zero-order valence-corrected chi connectivity index (χ0v) is 12.5. The second kappa shape index (κ2) is 5.51. The normalized spacial score (nSPS) is 11.2. The van der Waals surface area contributed by atoms with Gasteiger partial charge in [0, 0.05) is 45.4 Å². The molecule has 4 heteroatoms. The molecule has 1 aromatic heterocycles. The van der Waals surface area contributed by atoms with Gasteiger partial charge < -0.3 is 4.57 Å². The summed E-state index contributed by atoms with van der Waals surface area (Å²) in [5, 5.41) is 1.67. The van der Waals surface area contributed by atoms with Gasteiger partial charge in [0.2, 0.25) is 0 Å². The van der Waals surface area contributed by atoms with Crippen LogP contribution in [0.3, 0.4) is 0 Å². The molecule has 0 fully saturated rings. The van der Waals surface area contributed by atoms with Crippen LogP contribution in [0.5, 0.6) is 0 Å². The molecule has 1 heterocycles. The molecule has 0 aliphatic carbocycles.